The summed E-state index contributed by atoms with van der Waals surface area (Å²) < 4.78 is 34.1. The Morgan fingerprint density at radius 3 is 2.12 bits per heavy atom. The maximum absolute atomic E-state index is 12.3. The van der Waals surface area contributed by atoms with E-state index in [1.807, 2.05) is 6.07 Å². The summed E-state index contributed by atoms with van der Waals surface area (Å²) in [4.78, 5) is 61.5. The molecule has 226 valence electrons. The van der Waals surface area contributed by atoms with Crippen LogP contribution < -0.4 is 4.74 Å². The van der Waals surface area contributed by atoms with E-state index in [1.54, 1.807) is 35.7 Å². The van der Waals surface area contributed by atoms with Gasteiger partial charge in [0.15, 0.2) is 18.3 Å². The highest BCUT2D eigenvalue weighted by atomic mass is 32.2. The van der Waals surface area contributed by atoms with Gasteiger partial charge in [-0.25, -0.2) is 0 Å². The minimum atomic E-state index is -1.35. The fraction of sp³-hybridized carbons (Fsp3) is 0.483. The first kappa shape index (κ1) is 31.6. The fourth-order valence-corrected chi connectivity index (χ4v) is 7.67. The Bertz CT molecular complexity index is 1310. The van der Waals surface area contributed by atoms with Gasteiger partial charge < -0.3 is 28.4 Å². The van der Waals surface area contributed by atoms with Crippen molar-refractivity contribution >= 4 is 53.4 Å². The average Bonchev–Trinajstić information content (AvgIpc) is 3.47. The molecule has 13 heteroatoms. The number of ether oxygens (including phenoxy) is 6. The molecule has 4 rings (SSSR count). The van der Waals surface area contributed by atoms with Crippen molar-refractivity contribution < 1.29 is 52.4 Å². The van der Waals surface area contributed by atoms with E-state index in [2.05, 4.69) is 17.6 Å². The summed E-state index contributed by atoms with van der Waals surface area (Å²) in [5.74, 6) is -2.91. The van der Waals surface area contributed by atoms with E-state index in [-0.39, 0.29) is 12.4 Å². The van der Waals surface area contributed by atoms with Crippen LogP contribution in [0.2, 0.25) is 0 Å². The van der Waals surface area contributed by atoms with Crippen LogP contribution >= 0.6 is 23.5 Å². The summed E-state index contributed by atoms with van der Waals surface area (Å²) in [7, 11) is 0. The Morgan fingerprint density at radius 2 is 1.50 bits per heavy atom. The zero-order valence-electron chi connectivity index (χ0n) is 23.7. The first-order valence-electron chi connectivity index (χ1n) is 13.2. The van der Waals surface area contributed by atoms with Gasteiger partial charge in [-0.2, -0.15) is 0 Å². The normalized spacial score (nSPS) is 27.8. The molecule has 11 nitrogen and oxygen atoms in total. The summed E-state index contributed by atoms with van der Waals surface area (Å²) >= 11 is 3.56. The lowest BCUT2D eigenvalue weighted by Crippen LogP contribution is -2.59. The number of rotatable bonds is 9. The average molecular weight is 621 g/mol. The zero-order valence-corrected chi connectivity index (χ0v) is 25.4. The van der Waals surface area contributed by atoms with Gasteiger partial charge in [0.05, 0.1) is 4.58 Å². The summed E-state index contributed by atoms with van der Waals surface area (Å²) in [6.07, 6.45) is -1.30. The Labute approximate surface area is 251 Å². The van der Waals surface area contributed by atoms with Crippen LogP contribution in [0.15, 0.2) is 40.7 Å². The van der Waals surface area contributed by atoms with Crippen LogP contribution in [0.25, 0.3) is 0 Å². The second-order valence-electron chi connectivity index (χ2n) is 9.92. The molecule has 0 bridgehead atoms. The number of benzene rings is 1. The maximum Gasteiger partial charge on any atom is 0.308 e. The standard InChI is InChI=1S/C29H32O11S2/c1-14(30)35-13-24-26(37-16(3)32)28(39-18(5)34)27(38-17(4)33)25(40-24)22-11-19(6-7-23(22)36-15(2)31)10-21-12-20-8-9-41-29(20)42-21/h6-9,11-12,20,24-29H,10,13H2,1-5H3/t20?,24-,25+,26-,27+,28?,29?/m1/s1. The lowest BCUT2D eigenvalue weighted by molar-refractivity contribution is -0.254. The minimum Gasteiger partial charge on any atom is -0.463 e. The van der Waals surface area contributed by atoms with Crippen LogP contribution in [0.5, 0.6) is 5.75 Å². The molecule has 0 aliphatic carbocycles. The third-order valence-electron chi connectivity index (χ3n) is 6.48. The molecule has 3 heterocycles. The number of allylic oxidation sites excluding steroid dienone is 3. The first-order chi connectivity index (χ1) is 19.9. The molecule has 1 fully saturated rings. The molecule has 0 saturated carbocycles. The second-order valence-corrected chi connectivity index (χ2v) is 12.5. The molecular formula is C29H32O11S2. The van der Waals surface area contributed by atoms with Gasteiger partial charge in [0, 0.05) is 52.5 Å². The van der Waals surface area contributed by atoms with Gasteiger partial charge in [-0.3, -0.25) is 24.0 Å². The number of hydrogen-bond donors (Lipinski definition) is 0. The van der Waals surface area contributed by atoms with Crippen molar-refractivity contribution in [2.75, 3.05) is 6.61 Å². The van der Waals surface area contributed by atoms with E-state index in [4.69, 9.17) is 28.4 Å². The lowest BCUT2D eigenvalue weighted by atomic mass is 9.89. The van der Waals surface area contributed by atoms with Crippen LogP contribution in [0.1, 0.15) is 51.8 Å². The zero-order chi connectivity index (χ0) is 30.6. The Kier molecular flexibility index (Phi) is 10.4. The van der Waals surface area contributed by atoms with Crippen LogP contribution in [-0.2, 0) is 54.1 Å². The van der Waals surface area contributed by atoms with E-state index >= 15 is 0 Å². The number of carbonyl (C=O) groups is 5. The van der Waals surface area contributed by atoms with E-state index in [9.17, 15) is 24.0 Å². The van der Waals surface area contributed by atoms with Crippen LogP contribution in [-0.4, -0.2) is 65.5 Å². The molecule has 0 spiro atoms. The molecule has 0 radical (unpaired) electrons. The number of carbonyl (C=O) groups excluding carboxylic acids is 5. The summed E-state index contributed by atoms with van der Waals surface area (Å²) in [6.45, 7) is 5.56. The SMILES string of the molecule is CC(=O)OC[C@H]1O[C@@H](c2cc(CC3=CC4C=CSC4S3)ccc2OC(C)=O)[C@H](OC(C)=O)C(OC(C)=O)[C@@H]1OC(C)=O. The van der Waals surface area contributed by atoms with E-state index in [0.29, 0.717) is 22.5 Å². The first-order valence-corrected chi connectivity index (χ1v) is 15.0. The van der Waals surface area contributed by atoms with Crippen LogP contribution in [0.3, 0.4) is 0 Å². The van der Waals surface area contributed by atoms with Gasteiger partial charge in [0.1, 0.15) is 24.6 Å². The number of hydrogen-bond acceptors (Lipinski definition) is 13. The molecule has 0 amide bonds. The summed E-state index contributed by atoms with van der Waals surface area (Å²) in [5.41, 5.74) is 1.19. The number of fused-ring (bicyclic) bond motifs is 1. The molecule has 0 aromatic heterocycles. The quantitative estimate of drug-likeness (QED) is 0.225. The molecular weight excluding hydrogens is 588 g/mol. The van der Waals surface area contributed by atoms with Crippen molar-refractivity contribution in [2.45, 2.75) is 76.1 Å². The van der Waals surface area contributed by atoms with E-state index in [1.165, 1.54) is 25.7 Å². The number of esters is 5. The highest BCUT2D eigenvalue weighted by Gasteiger charge is 2.53. The molecule has 3 aliphatic heterocycles. The van der Waals surface area contributed by atoms with E-state index < -0.39 is 60.4 Å². The van der Waals surface area contributed by atoms with Crippen molar-refractivity contribution in [3.8, 4) is 5.75 Å². The summed E-state index contributed by atoms with van der Waals surface area (Å²) in [6, 6.07) is 5.22. The van der Waals surface area contributed by atoms with Gasteiger partial charge in [-0.1, -0.05) is 18.2 Å². The molecule has 3 aliphatic rings. The monoisotopic (exact) mass is 620 g/mol. The highest BCUT2D eigenvalue weighted by Crippen LogP contribution is 2.49. The fourth-order valence-electron chi connectivity index (χ4n) is 5.00. The minimum absolute atomic E-state index is 0.135. The molecule has 1 saturated heterocycles. The third-order valence-corrected chi connectivity index (χ3v) is 9.13. The number of thioether (sulfide) groups is 2. The van der Waals surface area contributed by atoms with E-state index in [0.717, 1.165) is 19.4 Å². The Hall–Kier alpha value is -3.29. The maximum atomic E-state index is 12.3. The van der Waals surface area contributed by atoms with Crippen molar-refractivity contribution in [2.24, 2.45) is 5.92 Å². The van der Waals surface area contributed by atoms with Gasteiger partial charge >= 0.3 is 29.8 Å². The van der Waals surface area contributed by atoms with Gasteiger partial charge in [0.25, 0.3) is 0 Å². The van der Waals surface area contributed by atoms with Crippen molar-refractivity contribution in [1.29, 1.82) is 0 Å². The molecule has 42 heavy (non-hydrogen) atoms. The predicted molar refractivity (Wildman–Crippen MR) is 152 cm³/mol. The molecule has 1 aromatic carbocycles. The second kappa shape index (κ2) is 13.8. The van der Waals surface area contributed by atoms with Gasteiger partial charge in [0.2, 0.25) is 0 Å². The molecule has 7 atom stereocenters. The largest absolute Gasteiger partial charge is 0.463 e. The topological polar surface area (TPSA) is 141 Å². The summed E-state index contributed by atoms with van der Waals surface area (Å²) in [5, 5.41) is 2.10. The van der Waals surface area contributed by atoms with Crippen molar-refractivity contribution in [1.82, 2.24) is 0 Å². The Morgan fingerprint density at radius 1 is 0.833 bits per heavy atom. The smallest absolute Gasteiger partial charge is 0.308 e. The predicted octanol–water partition coefficient (Wildman–Crippen LogP) is 3.79. The highest BCUT2D eigenvalue weighted by molar-refractivity contribution is 8.20. The van der Waals surface area contributed by atoms with Crippen molar-refractivity contribution in [3.63, 3.8) is 0 Å². The third kappa shape index (κ3) is 7.96. The van der Waals surface area contributed by atoms with Crippen LogP contribution in [0, 0.1) is 5.92 Å². The lowest BCUT2D eigenvalue weighted by Gasteiger charge is -2.44. The van der Waals surface area contributed by atoms with Crippen molar-refractivity contribution in [3.05, 3.63) is 51.8 Å². The Balaban J connectivity index is 1.78. The molecule has 3 unspecified atom stereocenters. The van der Waals surface area contributed by atoms with Crippen LogP contribution in [0.4, 0.5) is 0 Å². The van der Waals surface area contributed by atoms with Gasteiger partial charge in [-0.05, 0) is 28.0 Å². The molecule has 0 N–H and O–H groups in total. The van der Waals surface area contributed by atoms with Gasteiger partial charge in [-0.15, -0.1) is 23.5 Å². The molecule has 1 aromatic rings.